The van der Waals surface area contributed by atoms with Crippen molar-refractivity contribution in [3.05, 3.63) is 71.6 Å². The molecule has 0 spiro atoms. The minimum atomic E-state index is -0.929. The van der Waals surface area contributed by atoms with Crippen LogP contribution >= 0.6 is 0 Å². The number of hydrogen-bond donors (Lipinski definition) is 0. The van der Waals surface area contributed by atoms with Crippen LogP contribution < -0.4 is 4.90 Å². The van der Waals surface area contributed by atoms with Crippen LogP contribution in [0.15, 0.2) is 54.6 Å². The molecule has 0 N–H and O–H groups in total. The van der Waals surface area contributed by atoms with E-state index in [-0.39, 0.29) is 17.5 Å². The first-order valence-electron chi connectivity index (χ1n) is 8.51. The lowest BCUT2D eigenvalue weighted by molar-refractivity contribution is -0.149. The topological polar surface area (TPSA) is 46.6 Å². The number of nitrogens with zero attached hydrogens (tertiary/aromatic N) is 1. The Kier molecular flexibility index (Phi) is 5.16. The molecule has 2 aromatic carbocycles. The van der Waals surface area contributed by atoms with Crippen LogP contribution in [-0.4, -0.2) is 24.0 Å². The molecule has 1 aliphatic heterocycles. The first-order chi connectivity index (χ1) is 12.5. The number of rotatable bonds is 4. The zero-order valence-corrected chi connectivity index (χ0v) is 14.7. The number of halogens is 1. The minimum Gasteiger partial charge on any atom is -0.449 e. The third-order valence-electron chi connectivity index (χ3n) is 4.39. The summed E-state index contributed by atoms with van der Waals surface area (Å²) < 4.78 is 18.8. The van der Waals surface area contributed by atoms with E-state index in [2.05, 4.69) is 0 Å². The molecule has 1 heterocycles. The summed E-state index contributed by atoms with van der Waals surface area (Å²) in [6, 6.07) is 13.8. The van der Waals surface area contributed by atoms with Gasteiger partial charge in [0.2, 0.25) is 0 Å². The predicted octanol–water partition coefficient (Wildman–Crippen LogP) is 3.75. The van der Waals surface area contributed by atoms with Crippen LogP contribution in [0.1, 0.15) is 25.0 Å². The van der Waals surface area contributed by atoms with E-state index >= 15 is 0 Å². The second-order valence-corrected chi connectivity index (χ2v) is 6.32. The van der Waals surface area contributed by atoms with Gasteiger partial charge in [-0.25, -0.2) is 9.18 Å². The highest BCUT2D eigenvalue weighted by molar-refractivity contribution is 6.00. The number of ether oxygens (including phenoxy) is 1. The molecular formula is C21H20FNO3. The summed E-state index contributed by atoms with van der Waals surface area (Å²) in [4.78, 5) is 26.4. The Morgan fingerprint density at radius 3 is 2.65 bits per heavy atom. The number of carbonyl (C=O) groups is 2. The molecule has 0 aliphatic carbocycles. The summed E-state index contributed by atoms with van der Waals surface area (Å²) in [7, 11) is 0. The van der Waals surface area contributed by atoms with Gasteiger partial charge in [-0.3, -0.25) is 4.79 Å². The molecule has 2 atom stereocenters. The number of benzene rings is 2. The fraction of sp³-hybridized carbons (Fsp3) is 0.238. The zero-order valence-electron chi connectivity index (χ0n) is 14.7. The van der Waals surface area contributed by atoms with Gasteiger partial charge in [0.25, 0.3) is 5.91 Å². The van der Waals surface area contributed by atoms with Gasteiger partial charge in [0.15, 0.2) is 6.10 Å². The van der Waals surface area contributed by atoms with Gasteiger partial charge >= 0.3 is 5.97 Å². The van der Waals surface area contributed by atoms with Crippen LogP contribution in [-0.2, 0) is 20.7 Å². The summed E-state index contributed by atoms with van der Waals surface area (Å²) in [6.45, 7) is 3.51. The number of esters is 1. The summed E-state index contributed by atoms with van der Waals surface area (Å²) in [6.07, 6.45) is 2.31. The Morgan fingerprint density at radius 2 is 1.88 bits per heavy atom. The maximum Gasteiger partial charge on any atom is 0.331 e. The number of carbonyl (C=O) groups excluding carboxylic acids is 2. The molecule has 4 nitrogen and oxygen atoms in total. The average Bonchev–Trinajstić information content (AvgIpc) is 2.96. The van der Waals surface area contributed by atoms with E-state index < -0.39 is 17.9 Å². The van der Waals surface area contributed by atoms with E-state index in [9.17, 15) is 14.0 Å². The third-order valence-corrected chi connectivity index (χ3v) is 4.39. The largest absolute Gasteiger partial charge is 0.449 e. The van der Waals surface area contributed by atoms with Crippen LogP contribution in [0.3, 0.4) is 0 Å². The lowest BCUT2D eigenvalue weighted by atomic mass is 10.1. The van der Waals surface area contributed by atoms with Crippen LogP contribution in [0.4, 0.5) is 10.1 Å². The number of hydrogen-bond acceptors (Lipinski definition) is 3. The molecule has 0 fully saturated rings. The fourth-order valence-electron chi connectivity index (χ4n) is 3.13. The van der Waals surface area contributed by atoms with Gasteiger partial charge < -0.3 is 9.64 Å². The molecule has 1 aliphatic rings. The highest BCUT2D eigenvalue weighted by Gasteiger charge is 2.34. The maximum absolute atomic E-state index is 13.6. The number of amides is 1. The summed E-state index contributed by atoms with van der Waals surface area (Å²) in [5, 5.41) is 0. The Labute approximate surface area is 151 Å². The van der Waals surface area contributed by atoms with Crippen LogP contribution in [0.25, 0.3) is 6.08 Å². The minimum absolute atomic E-state index is 0.00927. The molecule has 2 aromatic rings. The van der Waals surface area contributed by atoms with E-state index in [1.165, 1.54) is 12.1 Å². The van der Waals surface area contributed by atoms with Gasteiger partial charge in [-0.15, -0.1) is 0 Å². The third kappa shape index (κ3) is 3.67. The Hall–Kier alpha value is -2.95. The molecule has 26 heavy (non-hydrogen) atoms. The molecule has 3 rings (SSSR count). The Balaban J connectivity index is 1.66. The van der Waals surface area contributed by atoms with Crippen LogP contribution in [0, 0.1) is 5.82 Å². The Bertz CT molecular complexity index is 862. The van der Waals surface area contributed by atoms with Crippen molar-refractivity contribution in [2.45, 2.75) is 32.4 Å². The molecule has 0 bridgehead atoms. The smallest absolute Gasteiger partial charge is 0.331 e. The monoisotopic (exact) mass is 353 g/mol. The van der Waals surface area contributed by atoms with Gasteiger partial charge in [0.1, 0.15) is 5.82 Å². The molecule has 134 valence electrons. The lowest BCUT2D eigenvalue weighted by Gasteiger charge is -2.25. The normalized spacial score (nSPS) is 17.2. The molecule has 1 amide bonds. The van der Waals surface area contributed by atoms with E-state index in [4.69, 9.17) is 4.74 Å². The van der Waals surface area contributed by atoms with Gasteiger partial charge in [0, 0.05) is 23.4 Å². The first kappa shape index (κ1) is 17.9. The predicted molar refractivity (Wildman–Crippen MR) is 98.1 cm³/mol. The molecule has 0 aromatic heterocycles. The highest BCUT2D eigenvalue weighted by atomic mass is 19.1. The van der Waals surface area contributed by atoms with E-state index in [1.807, 2.05) is 31.2 Å². The molecule has 0 radical (unpaired) electrons. The number of para-hydroxylation sites is 1. The molecule has 0 saturated carbocycles. The molecule has 0 unspecified atom stereocenters. The second kappa shape index (κ2) is 7.52. The van der Waals surface area contributed by atoms with Crippen molar-refractivity contribution >= 4 is 23.6 Å². The SMILES string of the molecule is C[C@@H]1Cc2ccccc2N1C(=O)[C@@H](C)OC(=O)/C=C/c1ccccc1F. The summed E-state index contributed by atoms with van der Waals surface area (Å²) in [5.74, 6) is -1.38. The van der Waals surface area contributed by atoms with E-state index in [0.29, 0.717) is 0 Å². The van der Waals surface area contributed by atoms with Gasteiger partial charge in [-0.1, -0.05) is 36.4 Å². The molecular weight excluding hydrogens is 333 g/mol. The van der Waals surface area contributed by atoms with Gasteiger partial charge in [-0.2, -0.15) is 0 Å². The summed E-state index contributed by atoms with van der Waals surface area (Å²) in [5.41, 5.74) is 2.24. The van der Waals surface area contributed by atoms with Gasteiger partial charge in [-0.05, 0) is 44.0 Å². The highest BCUT2D eigenvalue weighted by Crippen LogP contribution is 2.32. The van der Waals surface area contributed by atoms with Crippen molar-refractivity contribution in [1.82, 2.24) is 0 Å². The van der Waals surface area contributed by atoms with Crippen molar-refractivity contribution in [1.29, 1.82) is 0 Å². The van der Waals surface area contributed by atoms with Crippen molar-refractivity contribution in [3.8, 4) is 0 Å². The average molecular weight is 353 g/mol. The second-order valence-electron chi connectivity index (χ2n) is 6.32. The number of anilines is 1. The fourth-order valence-corrected chi connectivity index (χ4v) is 3.13. The lowest BCUT2D eigenvalue weighted by Crippen LogP contribution is -2.43. The van der Waals surface area contributed by atoms with Crippen molar-refractivity contribution < 1.29 is 18.7 Å². The maximum atomic E-state index is 13.6. The quantitative estimate of drug-likeness (QED) is 0.621. The van der Waals surface area contributed by atoms with Crippen molar-refractivity contribution in [3.63, 3.8) is 0 Å². The summed E-state index contributed by atoms with van der Waals surface area (Å²) >= 11 is 0. The van der Waals surface area contributed by atoms with Crippen LogP contribution in [0.2, 0.25) is 0 Å². The van der Waals surface area contributed by atoms with Gasteiger partial charge in [0.05, 0.1) is 0 Å². The van der Waals surface area contributed by atoms with E-state index in [1.54, 1.807) is 30.0 Å². The van der Waals surface area contributed by atoms with Crippen molar-refractivity contribution in [2.75, 3.05) is 4.90 Å². The molecule has 5 heteroatoms. The molecule has 0 saturated heterocycles. The van der Waals surface area contributed by atoms with Crippen molar-refractivity contribution in [2.24, 2.45) is 0 Å². The zero-order chi connectivity index (χ0) is 18.7. The Morgan fingerprint density at radius 1 is 1.19 bits per heavy atom. The van der Waals surface area contributed by atoms with E-state index in [0.717, 1.165) is 23.7 Å². The first-order valence-corrected chi connectivity index (χ1v) is 8.51. The standard InChI is InChI=1S/C21H20FNO3/c1-14-13-17-8-4-6-10-19(17)23(14)21(25)15(2)26-20(24)12-11-16-7-3-5-9-18(16)22/h3-12,14-15H,13H2,1-2H3/b12-11+/t14-,15-/m1/s1. The van der Waals surface area contributed by atoms with Crippen LogP contribution in [0.5, 0.6) is 0 Å². The number of fused-ring (bicyclic) bond motifs is 1.